The third kappa shape index (κ3) is 1.92. The van der Waals surface area contributed by atoms with Gasteiger partial charge in [0.15, 0.2) is 5.58 Å². The van der Waals surface area contributed by atoms with E-state index in [-0.39, 0.29) is 5.89 Å². The molecule has 4 heteroatoms. The molecule has 0 aliphatic carbocycles. The Morgan fingerprint density at radius 2 is 1.81 bits per heavy atom. The molecule has 0 atom stereocenters. The van der Waals surface area contributed by atoms with Crippen molar-refractivity contribution in [3.05, 3.63) is 64.5 Å². The van der Waals surface area contributed by atoms with Crippen LogP contribution in [0, 0.1) is 6.92 Å². The van der Waals surface area contributed by atoms with Gasteiger partial charge in [0, 0.05) is 5.39 Å². The smallest absolute Gasteiger partial charge is 0.349 e. The van der Waals surface area contributed by atoms with Crippen molar-refractivity contribution >= 4 is 22.1 Å². The Morgan fingerprint density at radius 3 is 2.71 bits per heavy atom. The zero-order valence-electron chi connectivity index (χ0n) is 11.3. The van der Waals surface area contributed by atoms with E-state index in [0.29, 0.717) is 16.7 Å². The SMILES string of the molecule is Cc1ccc2oc(-c3cc4ccccc4oc3=O)nc2c1. The number of aromatic nitrogens is 1. The molecular formula is C17H11NO3. The molecule has 4 nitrogen and oxygen atoms in total. The third-order valence-electron chi connectivity index (χ3n) is 3.41. The molecule has 0 amide bonds. The molecule has 0 fully saturated rings. The highest BCUT2D eigenvalue weighted by Gasteiger charge is 2.14. The number of hydrogen-bond acceptors (Lipinski definition) is 4. The molecule has 4 rings (SSSR count). The quantitative estimate of drug-likeness (QED) is 0.495. The van der Waals surface area contributed by atoms with Gasteiger partial charge in [-0.1, -0.05) is 24.3 Å². The minimum absolute atomic E-state index is 0.287. The number of aryl methyl sites for hydroxylation is 1. The number of hydrogen-bond donors (Lipinski definition) is 0. The first-order valence-electron chi connectivity index (χ1n) is 6.61. The number of benzene rings is 2. The number of nitrogens with zero attached hydrogens (tertiary/aromatic N) is 1. The lowest BCUT2D eigenvalue weighted by atomic mass is 10.2. The molecule has 102 valence electrons. The molecule has 0 aliphatic rings. The van der Waals surface area contributed by atoms with Crippen LogP contribution in [0.5, 0.6) is 0 Å². The van der Waals surface area contributed by atoms with Gasteiger partial charge in [-0.05, 0) is 36.8 Å². The molecule has 0 radical (unpaired) electrons. The molecule has 2 aromatic heterocycles. The number of para-hydroxylation sites is 1. The Labute approximate surface area is 119 Å². The van der Waals surface area contributed by atoms with Crippen molar-refractivity contribution in [2.45, 2.75) is 6.92 Å². The average Bonchev–Trinajstić information content (AvgIpc) is 2.89. The van der Waals surface area contributed by atoms with Crippen LogP contribution in [-0.4, -0.2) is 4.98 Å². The van der Waals surface area contributed by atoms with Gasteiger partial charge in [0.25, 0.3) is 0 Å². The van der Waals surface area contributed by atoms with Gasteiger partial charge >= 0.3 is 5.63 Å². The van der Waals surface area contributed by atoms with Gasteiger partial charge in [0.2, 0.25) is 5.89 Å². The van der Waals surface area contributed by atoms with Crippen LogP contribution in [0.4, 0.5) is 0 Å². The third-order valence-corrected chi connectivity index (χ3v) is 3.41. The summed E-state index contributed by atoms with van der Waals surface area (Å²) in [6, 6.07) is 14.8. The van der Waals surface area contributed by atoms with Gasteiger partial charge in [-0.3, -0.25) is 0 Å². The first-order chi connectivity index (χ1) is 10.2. The van der Waals surface area contributed by atoms with Gasteiger partial charge < -0.3 is 8.83 Å². The molecule has 0 spiro atoms. The molecule has 0 unspecified atom stereocenters. The van der Waals surface area contributed by atoms with Gasteiger partial charge in [-0.2, -0.15) is 0 Å². The van der Waals surface area contributed by atoms with Gasteiger partial charge in [-0.25, -0.2) is 9.78 Å². The van der Waals surface area contributed by atoms with Crippen LogP contribution in [-0.2, 0) is 0 Å². The molecular weight excluding hydrogens is 266 g/mol. The normalized spacial score (nSPS) is 11.3. The lowest BCUT2D eigenvalue weighted by Crippen LogP contribution is -2.02. The highest BCUT2D eigenvalue weighted by Crippen LogP contribution is 2.25. The fourth-order valence-electron chi connectivity index (χ4n) is 2.36. The minimum Gasteiger partial charge on any atom is -0.436 e. The zero-order valence-corrected chi connectivity index (χ0v) is 11.3. The van der Waals surface area contributed by atoms with Crippen LogP contribution in [0.15, 0.2) is 62.2 Å². The van der Waals surface area contributed by atoms with Crippen LogP contribution >= 0.6 is 0 Å². The summed E-state index contributed by atoms with van der Waals surface area (Å²) in [4.78, 5) is 16.5. The summed E-state index contributed by atoms with van der Waals surface area (Å²) in [7, 11) is 0. The highest BCUT2D eigenvalue weighted by molar-refractivity contribution is 5.82. The molecule has 0 saturated carbocycles. The van der Waals surface area contributed by atoms with E-state index in [1.807, 2.05) is 43.3 Å². The lowest BCUT2D eigenvalue weighted by Gasteiger charge is -1.97. The first-order valence-corrected chi connectivity index (χ1v) is 6.61. The summed E-state index contributed by atoms with van der Waals surface area (Å²) >= 11 is 0. The predicted molar refractivity (Wildman–Crippen MR) is 80.2 cm³/mol. The van der Waals surface area contributed by atoms with Crippen molar-refractivity contribution in [3.63, 3.8) is 0 Å². The molecule has 0 saturated heterocycles. The van der Waals surface area contributed by atoms with E-state index >= 15 is 0 Å². The van der Waals surface area contributed by atoms with Crippen molar-refractivity contribution in [2.75, 3.05) is 0 Å². The number of oxazole rings is 1. The predicted octanol–water partition coefficient (Wildman–Crippen LogP) is 3.91. The first kappa shape index (κ1) is 11.9. The van der Waals surface area contributed by atoms with Gasteiger partial charge in [0.1, 0.15) is 16.7 Å². The Bertz CT molecular complexity index is 1030. The Hall–Kier alpha value is -2.88. The van der Waals surface area contributed by atoms with E-state index in [9.17, 15) is 4.79 Å². The van der Waals surface area contributed by atoms with Crippen LogP contribution in [0.3, 0.4) is 0 Å². The Kier molecular flexibility index (Phi) is 2.44. The monoisotopic (exact) mass is 277 g/mol. The van der Waals surface area contributed by atoms with Crippen LogP contribution < -0.4 is 5.63 Å². The molecule has 2 heterocycles. The summed E-state index contributed by atoms with van der Waals surface area (Å²) in [5.41, 5.74) is 2.92. The summed E-state index contributed by atoms with van der Waals surface area (Å²) in [5.74, 6) is 0.287. The van der Waals surface area contributed by atoms with Crippen molar-refractivity contribution in [3.8, 4) is 11.5 Å². The van der Waals surface area contributed by atoms with Crippen molar-refractivity contribution in [2.24, 2.45) is 0 Å². The summed E-state index contributed by atoms with van der Waals surface area (Å²) in [6.45, 7) is 1.98. The van der Waals surface area contributed by atoms with Crippen LogP contribution in [0.2, 0.25) is 0 Å². The lowest BCUT2D eigenvalue weighted by molar-refractivity contribution is 0.553. The van der Waals surface area contributed by atoms with E-state index in [2.05, 4.69) is 4.98 Å². The molecule has 4 aromatic rings. The standard InChI is InChI=1S/C17H11NO3/c1-10-6-7-15-13(8-10)18-16(20-15)12-9-11-4-2-3-5-14(11)21-17(12)19/h2-9H,1H3. The summed E-state index contributed by atoms with van der Waals surface area (Å²) in [6.07, 6.45) is 0. The zero-order chi connectivity index (χ0) is 14.4. The second-order valence-corrected chi connectivity index (χ2v) is 4.98. The Balaban J connectivity index is 1.99. The fraction of sp³-hybridized carbons (Fsp3) is 0.0588. The molecule has 2 aromatic carbocycles. The van der Waals surface area contributed by atoms with E-state index in [0.717, 1.165) is 16.5 Å². The second-order valence-electron chi connectivity index (χ2n) is 4.98. The van der Waals surface area contributed by atoms with Crippen LogP contribution in [0.1, 0.15) is 5.56 Å². The van der Waals surface area contributed by atoms with Crippen LogP contribution in [0.25, 0.3) is 33.5 Å². The maximum Gasteiger partial charge on any atom is 0.349 e. The van der Waals surface area contributed by atoms with Gasteiger partial charge in [0.05, 0.1) is 0 Å². The summed E-state index contributed by atoms with van der Waals surface area (Å²) in [5, 5.41) is 0.838. The fourth-order valence-corrected chi connectivity index (χ4v) is 2.36. The largest absolute Gasteiger partial charge is 0.436 e. The maximum atomic E-state index is 12.1. The van der Waals surface area contributed by atoms with E-state index in [4.69, 9.17) is 8.83 Å². The van der Waals surface area contributed by atoms with Crippen molar-refractivity contribution in [1.29, 1.82) is 0 Å². The highest BCUT2D eigenvalue weighted by atomic mass is 16.4. The topological polar surface area (TPSA) is 56.2 Å². The molecule has 0 bridgehead atoms. The van der Waals surface area contributed by atoms with Crippen molar-refractivity contribution < 1.29 is 8.83 Å². The van der Waals surface area contributed by atoms with Gasteiger partial charge in [-0.15, -0.1) is 0 Å². The number of rotatable bonds is 1. The summed E-state index contributed by atoms with van der Waals surface area (Å²) < 4.78 is 11.0. The average molecular weight is 277 g/mol. The second kappa shape index (κ2) is 4.31. The Morgan fingerprint density at radius 1 is 0.952 bits per heavy atom. The maximum absolute atomic E-state index is 12.1. The van der Waals surface area contributed by atoms with E-state index in [1.54, 1.807) is 12.1 Å². The number of fused-ring (bicyclic) bond motifs is 2. The van der Waals surface area contributed by atoms with E-state index < -0.39 is 5.63 Å². The molecule has 0 N–H and O–H groups in total. The molecule has 0 aliphatic heterocycles. The molecule has 21 heavy (non-hydrogen) atoms. The van der Waals surface area contributed by atoms with E-state index in [1.165, 1.54) is 0 Å². The minimum atomic E-state index is -0.447. The van der Waals surface area contributed by atoms with Crippen molar-refractivity contribution in [1.82, 2.24) is 4.98 Å².